The van der Waals surface area contributed by atoms with Crippen LogP contribution in [0.4, 0.5) is 0 Å². The second-order valence-corrected chi connectivity index (χ2v) is 4.03. The zero-order valence-corrected chi connectivity index (χ0v) is 9.97. The van der Waals surface area contributed by atoms with E-state index in [0.717, 1.165) is 0 Å². The number of benzene rings is 1. The SMILES string of the molecule is O=C1OC(CI)=C[C@@]1(O)c1ccccc1. The molecule has 0 aliphatic carbocycles. The van der Waals surface area contributed by atoms with Gasteiger partial charge in [-0.15, -0.1) is 0 Å². The molecule has 1 aromatic carbocycles. The van der Waals surface area contributed by atoms with Gasteiger partial charge < -0.3 is 9.84 Å². The normalized spacial score (nSPS) is 24.9. The number of hydrogen-bond donors (Lipinski definition) is 1. The molecule has 0 radical (unpaired) electrons. The number of hydrogen-bond acceptors (Lipinski definition) is 3. The van der Waals surface area contributed by atoms with E-state index in [9.17, 15) is 9.90 Å². The van der Waals surface area contributed by atoms with Crippen LogP contribution in [0.5, 0.6) is 0 Å². The predicted molar refractivity (Wildman–Crippen MR) is 63.4 cm³/mol. The Labute approximate surface area is 101 Å². The van der Waals surface area contributed by atoms with Crippen LogP contribution in [0.2, 0.25) is 0 Å². The van der Waals surface area contributed by atoms with Crippen molar-refractivity contribution < 1.29 is 14.6 Å². The third-order valence-corrected chi connectivity index (χ3v) is 3.00. The molecule has 2 rings (SSSR count). The number of carbonyl (C=O) groups is 1. The zero-order valence-electron chi connectivity index (χ0n) is 7.81. The Morgan fingerprint density at radius 3 is 2.53 bits per heavy atom. The van der Waals surface area contributed by atoms with Crippen LogP contribution in [0.15, 0.2) is 42.2 Å². The van der Waals surface area contributed by atoms with Gasteiger partial charge in [-0.25, -0.2) is 4.79 Å². The molecule has 1 heterocycles. The number of esters is 1. The van der Waals surface area contributed by atoms with E-state index in [4.69, 9.17) is 4.74 Å². The molecule has 1 aliphatic heterocycles. The van der Waals surface area contributed by atoms with Gasteiger partial charge in [0.05, 0.1) is 4.43 Å². The standard InChI is InChI=1S/C11H9IO3/c12-7-9-6-11(14,10(13)15-9)8-4-2-1-3-5-8/h1-6,14H,7H2/t11-/m1/s1. The number of aliphatic hydroxyl groups is 1. The van der Waals surface area contributed by atoms with Gasteiger partial charge in [-0.2, -0.15) is 0 Å². The van der Waals surface area contributed by atoms with Gasteiger partial charge in [0.25, 0.3) is 0 Å². The fourth-order valence-corrected chi connectivity index (χ4v) is 1.85. The van der Waals surface area contributed by atoms with E-state index in [0.29, 0.717) is 15.8 Å². The minimum atomic E-state index is -1.61. The van der Waals surface area contributed by atoms with Gasteiger partial charge in [0.15, 0.2) is 0 Å². The molecular formula is C11H9IO3. The molecule has 0 spiro atoms. The second-order valence-electron chi connectivity index (χ2n) is 3.27. The van der Waals surface area contributed by atoms with E-state index >= 15 is 0 Å². The Hall–Kier alpha value is -0.880. The quantitative estimate of drug-likeness (QED) is 0.514. The first kappa shape index (κ1) is 10.6. The summed E-state index contributed by atoms with van der Waals surface area (Å²) in [7, 11) is 0. The first-order valence-electron chi connectivity index (χ1n) is 4.44. The number of rotatable bonds is 2. The van der Waals surface area contributed by atoms with E-state index in [1.165, 1.54) is 6.08 Å². The molecule has 0 saturated heterocycles. The van der Waals surface area contributed by atoms with E-state index < -0.39 is 11.6 Å². The summed E-state index contributed by atoms with van der Waals surface area (Å²) in [5.74, 6) is -0.118. The molecule has 1 atom stereocenters. The lowest BCUT2D eigenvalue weighted by Gasteiger charge is -2.16. The Morgan fingerprint density at radius 1 is 1.33 bits per heavy atom. The van der Waals surface area contributed by atoms with Crippen molar-refractivity contribution in [3.63, 3.8) is 0 Å². The van der Waals surface area contributed by atoms with Gasteiger partial charge >= 0.3 is 5.97 Å². The second kappa shape index (κ2) is 3.94. The maximum Gasteiger partial charge on any atom is 0.352 e. The van der Waals surface area contributed by atoms with Crippen LogP contribution in [-0.2, 0) is 15.1 Å². The molecule has 0 fully saturated rings. The third kappa shape index (κ3) is 1.79. The lowest BCUT2D eigenvalue weighted by molar-refractivity contribution is -0.152. The fraction of sp³-hybridized carbons (Fsp3) is 0.182. The molecule has 0 unspecified atom stereocenters. The largest absolute Gasteiger partial charge is 0.428 e. The van der Waals surface area contributed by atoms with Crippen molar-refractivity contribution in [1.29, 1.82) is 0 Å². The smallest absolute Gasteiger partial charge is 0.352 e. The molecule has 0 amide bonds. The summed E-state index contributed by atoms with van der Waals surface area (Å²) >= 11 is 2.08. The van der Waals surface area contributed by atoms with Crippen LogP contribution >= 0.6 is 22.6 Å². The molecule has 3 nitrogen and oxygen atoms in total. The molecule has 0 saturated carbocycles. The van der Waals surface area contributed by atoms with Crippen LogP contribution in [0.1, 0.15) is 5.56 Å². The van der Waals surface area contributed by atoms with Crippen molar-refractivity contribution in [2.24, 2.45) is 0 Å². The van der Waals surface area contributed by atoms with E-state index in [-0.39, 0.29) is 0 Å². The lowest BCUT2D eigenvalue weighted by atomic mass is 9.95. The highest BCUT2D eigenvalue weighted by molar-refractivity contribution is 14.1. The van der Waals surface area contributed by atoms with Gasteiger partial charge in [-0.05, 0) is 5.56 Å². The topological polar surface area (TPSA) is 46.5 Å². The molecule has 0 bridgehead atoms. The Morgan fingerprint density at radius 2 is 2.00 bits per heavy atom. The van der Waals surface area contributed by atoms with Gasteiger partial charge in [-0.3, -0.25) is 0 Å². The third-order valence-electron chi connectivity index (χ3n) is 2.25. The number of cyclic esters (lactones) is 1. The van der Waals surface area contributed by atoms with Gasteiger partial charge in [0.1, 0.15) is 5.76 Å². The number of allylic oxidation sites excluding steroid dienone is 1. The monoisotopic (exact) mass is 316 g/mol. The van der Waals surface area contributed by atoms with Crippen LogP contribution < -0.4 is 0 Å². The molecule has 0 aromatic heterocycles. The van der Waals surface area contributed by atoms with E-state index in [1.54, 1.807) is 24.3 Å². The van der Waals surface area contributed by atoms with E-state index in [2.05, 4.69) is 22.6 Å². The van der Waals surface area contributed by atoms with Crippen molar-refractivity contribution in [2.75, 3.05) is 4.43 Å². The molecule has 15 heavy (non-hydrogen) atoms. The minimum absolute atomic E-state index is 0.506. The summed E-state index contributed by atoms with van der Waals surface area (Å²) in [6.07, 6.45) is 1.47. The van der Waals surface area contributed by atoms with Crippen molar-refractivity contribution >= 4 is 28.6 Å². The minimum Gasteiger partial charge on any atom is -0.428 e. The van der Waals surface area contributed by atoms with Crippen molar-refractivity contribution in [2.45, 2.75) is 5.60 Å². The van der Waals surface area contributed by atoms with E-state index in [1.807, 2.05) is 6.07 Å². The molecule has 1 aliphatic rings. The fourth-order valence-electron chi connectivity index (χ4n) is 1.48. The van der Waals surface area contributed by atoms with Crippen LogP contribution in [-0.4, -0.2) is 15.5 Å². The van der Waals surface area contributed by atoms with Crippen LogP contribution in [0.3, 0.4) is 0 Å². The highest BCUT2D eigenvalue weighted by Crippen LogP contribution is 2.32. The maximum absolute atomic E-state index is 11.5. The predicted octanol–water partition coefficient (Wildman–Crippen LogP) is 1.75. The Balaban J connectivity index is 2.43. The van der Waals surface area contributed by atoms with Crippen molar-refractivity contribution in [3.8, 4) is 0 Å². The highest BCUT2D eigenvalue weighted by Gasteiger charge is 2.43. The van der Waals surface area contributed by atoms with Gasteiger partial charge in [0, 0.05) is 6.08 Å². The summed E-state index contributed by atoms with van der Waals surface area (Å²) in [4.78, 5) is 11.5. The summed E-state index contributed by atoms with van der Waals surface area (Å²) in [5.41, 5.74) is -1.07. The molecule has 1 aromatic rings. The summed E-state index contributed by atoms with van der Waals surface area (Å²) < 4.78 is 5.51. The van der Waals surface area contributed by atoms with Crippen LogP contribution in [0, 0.1) is 0 Å². The molecule has 1 N–H and O–H groups in total. The highest BCUT2D eigenvalue weighted by atomic mass is 127. The van der Waals surface area contributed by atoms with Crippen molar-refractivity contribution in [1.82, 2.24) is 0 Å². The van der Waals surface area contributed by atoms with Crippen LogP contribution in [0.25, 0.3) is 0 Å². The number of halogens is 1. The average Bonchev–Trinajstić information content (AvgIpc) is 2.57. The molecule has 4 heteroatoms. The molecule has 78 valence electrons. The average molecular weight is 316 g/mol. The van der Waals surface area contributed by atoms with Crippen molar-refractivity contribution in [3.05, 3.63) is 47.7 Å². The maximum atomic E-state index is 11.5. The number of carbonyl (C=O) groups excluding carboxylic acids is 1. The summed E-state index contributed by atoms with van der Waals surface area (Å²) in [5, 5.41) is 10.2. The summed E-state index contributed by atoms with van der Waals surface area (Å²) in [6, 6.07) is 8.78. The Kier molecular flexibility index (Phi) is 2.79. The summed E-state index contributed by atoms with van der Waals surface area (Å²) in [6.45, 7) is 0. The molecular weight excluding hydrogens is 307 g/mol. The van der Waals surface area contributed by atoms with Gasteiger partial charge in [0.2, 0.25) is 5.60 Å². The number of alkyl halides is 1. The number of ether oxygens (including phenoxy) is 1. The zero-order chi connectivity index (χ0) is 10.9. The van der Waals surface area contributed by atoms with Gasteiger partial charge in [-0.1, -0.05) is 52.9 Å². The first-order chi connectivity index (χ1) is 7.16. The Bertz CT molecular complexity index is 413. The first-order valence-corrected chi connectivity index (χ1v) is 5.97. The lowest BCUT2D eigenvalue weighted by Crippen LogP contribution is -2.30.